The van der Waals surface area contributed by atoms with E-state index in [1.165, 1.54) is 0 Å². The Labute approximate surface area is 154 Å². The van der Waals surface area contributed by atoms with Gasteiger partial charge in [-0.3, -0.25) is 4.79 Å². The monoisotopic (exact) mass is 354 g/mol. The lowest BCUT2D eigenvalue weighted by atomic mass is 10.1. The van der Waals surface area contributed by atoms with Crippen LogP contribution in [0.4, 0.5) is 5.69 Å². The smallest absolute Gasteiger partial charge is 0.355 e. The second-order valence-electron chi connectivity index (χ2n) is 6.33. The predicted octanol–water partition coefficient (Wildman–Crippen LogP) is 4.34. The molecule has 0 unspecified atom stereocenters. The Balaban J connectivity index is 2.48. The van der Waals surface area contributed by atoms with Crippen LogP contribution in [0.5, 0.6) is 0 Å². The van der Waals surface area contributed by atoms with E-state index in [0.717, 1.165) is 16.8 Å². The molecule has 0 saturated carbocycles. The molecule has 0 saturated heterocycles. The summed E-state index contributed by atoms with van der Waals surface area (Å²) in [5, 5.41) is 2.96. The van der Waals surface area contributed by atoms with Gasteiger partial charge in [-0.15, -0.1) is 6.58 Å². The average molecular weight is 354 g/mol. The van der Waals surface area contributed by atoms with Gasteiger partial charge in [0, 0.05) is 17.9 Å². The third-order valence-electron chi connectivity index (χ3n) is 4.40. The van der Waals surface area contributed by atoms with Crippen LogP contribution in [0.15, 0.2) is 30.9 Å². The van der Waals surface area contributed by atoms with Gasteiger partial charge in [-0.25, -0.2) is 4.79 Å². The van der Waals surface area contributed by atoms with Gasteiger partial charge in [-0.05, 0) is 51.8 Å². The van der Waals surface area contributed by atoms with E-state index in [1.807, 2.05) is 39.0 Å². The maximum Gasteiger partial charge on any atom is 0.355 e. The molecule has 0 aliphatic carbocycles. The molecule has 1 amide bonds. The standard InChI is InChI=1S/C21H26N2O3/c1-7-11-23-16(6)18(15(5)19(23)21(25)26-8-2)20(24)22-17-10-9-13(3)12-14(17)4/h7,9-10,12H,1,8,11H2,2-6H3,(H,22,24). The molecule has 0 fully saturated rings. The van der Waals surface area contributed by atoms with Crippen LogP contribution in [0, 0.1) is 27.7 Å². The van der Waals surface area contributed by atoms with E-state index in [-0.39, 0.29) is 12.5 Å². The summed E-state index contributed by atoms with van der Waals surface area (Å²) in [4.78, 5) is 25.3. The lowest BCUT2D eigenvalue weighted by molar-refractivity contribution is 0.0513. The molecule has 0 aliphatic heterocycles. The van der Waals surface area contributed by atoms with Gasteiger partial charge in [0.25, 0.3) is 5.91 Å². The summed E-state index contributed by atoms with van der Waals surface area (Å²) in [6, 6.07) is 5.86. The maximum absolute atomic E-state index is 12.9. The zero-order valence-corrected chi connectivity index (χ0v) is 16.1. The van der Waals surface area contributed by atoms with Crippen LogP contribution in [-0.2, 0) is 11.3 Å². The van der Waals surface area contributed by atoms with Gasteiger partial charge in [-0.1, -0.05) is 23.8 Å². The van der Waals surface area contributed by atoms with Gasteiger partial charge in [0.1, 0.15) is 5.69 Å². The van der Waals surface area contributed by atoms with Crippen molar-refractivity contribution < 1.29 is 14.3 Å². The van der Waals surface area contributed by atoms with Crippen LogP contribution in [0.1, 0.15) is 50.2 Å². The van der Waals surface area contributed by atoms with Gasteiger partial charge in [0.15, 0.2) is 0 Å². The predicted molar refractivity (Wildman–Crippen MR) is 104 cm³/mol. The van der Waals surface area contributed by atoms with Crippen LogP contribution >= 0.6 is 0 Å². The van der Waals surface area contributed by atoms with Crippen molar-refractivity contribution in [1.82, 2.24) is 4.57 Å². The third-order valence-corrected chi connectivity index (χ3v) is 4.40. The first kappa shape index (κ1) is 19.5. The first-order valence-corrected chi connectivity index (χ1v) is 8.68. The summed E-state index contributed by atoms with van der Waals surface area (Å²) in [6.45, 7) is 13.8. The quantitative estimate of drug-likeness (QED) is 0.620. The summed E-state index contributed by atoms with van der Waals surface area (Å²) >= 11 is 0. The molecule has 138 valence electrons. The van der Waals surface area contributed by atoms with E-state index in [9.17, 15) is 9.59 Å². The number of amides is 1. The minimum Gasteiger partial charge on any atom is -0.461 e. The van der Waals surface area contributed by atoms with Crippen LogP contribution in [0.3, 0.4) is 0 Å². The van der Waals surface area contributed by atoms with Crippen molar-refractivity contribution >= 4 is 17.6 Å². The van der Waals surface area contributed by atoms with Crippen molar-refractivity contribution in [1.29, 1.82) is 0 Å². The third kappa shape index (κ3) is 3.72. The molecule has 1 heterocycles. The second kappa shape index (κ2) is 8.04. The Morgan fingerprint density at radius 1 is 1.23 bits per heavy atom. The number of nitrogens with one attached hydrogen (secondary N) is 1. The number of carbonyl (C=O) groups is 2. The van der Waals surface area contributed by atoms with E-state index in [1.54, 1.807) is 24.5 Å². The van der Waals surface area contributed by atoms with Crippen molar-refractivity contribution in [2.75, 3.05) is 11.9 Å². The summed E-state index contributed by atoms with van der Waals surface area (Å²) in [5.41, 5.74) is 5.11. The Kier molecular flexibility index (Phi) is 6.03. The van der Waals surface area contributed by atoms with Crippen molar-refractivity contribution in [3.8, 4) is 0 Å². The van der Waals surface area contributed by atoms with Crippen molar-refractivity contribution in [3.63, 3.8) is 0 Å². The lowest BCUT2D eigenvalue weighted by Crippen LogP contribution is -2.15. The number of nitrogens with zero attached hydrogens (tertiary/aromatic N) is 1. The first-order valence-electron chi connectivity index (χ1n) is 8.68. The summed E-state index contributed by atoms with van der Waals surface area (Å²) < 4.78 is 6.94. The number of hydrogen-bond acceptors (Lipinski definition) is 3. The molecule has 5 nitrogen and oxygen atoms in total. The van der Waals surface area contributed by atoms with E-state index in [0.29, 0.717) is 29.1 Å². The molecule has 1 aromatic carbocycles. The summed E-state index contributed by atoms with van der Waals surface area (Å²) in [7, 11) is 0. The molecule has 1 N–H and O–H groups in total. The number of aryl methyl sites for hydroxylation is 2. The van der Waals surface area contributed by atoms with E-state index in [2.05, 4.69) is 11.9 Å². The largest absolute Gasteiger partial charge is 0.461 e. The highest BCUT2D eigenvalue weighted by molar-refractivity contribution is 6.08. The number of allylic oxidation sites excluding steroid dienone is 1. The van der Waals surface area contributed by atoms with Crippen LogP contribution in [0.25, 0.3) is 0 Å². The van der Waals surface area contributed by atoms with Gasteiger partial charge in [-0.2, -0.15) is 0 Å². The number of ether oxygens (including phenoxy) is 1. The molecular weight excluding hydrogens is 328 g/mol. The van der Waals surface area contributed by atoms with E-state index >= 15 is 0 Å². The zero-order valence-electron chi connectivity index (χ0n) is 16.1. The minimum absolute atomic E-state index is 0.236. The fourth-order valence-electron chi connectivity index (χ4n) is 3.19. The molecule has 0 aliphatic rings. The Morgan fingerprint density at radius 3 is 2.50 bits per heavy atom. The van der Waals surface area contributed by atoms with Crippen LogP contribution in [0.2, 0.25) is 0 Å². The Hall–Kier alpha value is -2.82. The van der Waals surface area contributed by atoms with Gasteiger partial charge in [0.2, 0.25) is 0 Å². The SMILES string of the molecule is C=CCn1c(C)c(C(=O)Nc2ccc(C)cc2C)c(C)c1C(=O)OCC. The number of rotatable bonds is 6. The Morgan fingerprint density at radius 2 is 1.92 bits per heavy atom. The number of hydrogen-bond donors (Lipinski definition) is 1. The fraction of sp³-hybridized carbons (Fsp3) is 0.333. The molecule has 0 bridgehead atoms. The molecular formula is C21H26N2O3. The van der Waals surface area contributed by atoms with Gasteiger partial charge < -0.3 is 14.6 Å². The number of esters is 1. The molecule has 2 rings (SSSR count). The second-order valence-corrected chi connectivity index (χ2v) is 6.33. The van der Waals surface area contributed by atoms with E-state index in [4.69, 9.17) is 4.74 Å². The molecule has 5 heteroatoms. The fourth-order valence-corrected chi connectivity index (χ4v) is 3.19. The topological polar surface area (TPSA) is 60.3 Å². The summed E-state index contributed by atoms with van der Waals surface area (Å²) in [6.07, 6.45) is 1.70. The van der Waals surface area contributed by atoms with Gasteiger partial charge >= 0.3 is 5.97 Å². The number of carbonyl (C=O) groups excluding carboxylic acids is 2. The molecule has 0 radical (unpaired) electrons. The normalized spacial score (nSPS) is 10.5. The first-order chi connectivity index (χ1) is 12.3. The molecule has 2 aromatic rings. The number of benzene rings is 1. The zero-order chi connectivity index (χ0) is 19.4. The molecule has 1 aromatic heterocycles. The molecule has 0 atom stereocenters. The Bertz CT molecular complexity index is 863. The van der Waals surface area contributed by atoms with Crippen LogP contribution < -0.4 is 5.32 Å². The number of aromatic nitrogens is 1. The van der Waals surface area contributed by atoms with Crippen molar-refractivity contribution in [2.45, 2.75) is 41.2 Å². The van der Waals surface area contributed by atoms with E-state index < -0.39 is 5.97 Å². The lowest BCUT2D eigenvalue weighted by Gasteiger charge is -2.10. The molecule has 26 heavy (non-hydrogen) atoms. The highest BCUT2D eigenvalue weighted by atomic mass is 16.5. The summed E-state index contributed by atoms with van der Waals surface area (Å²) in [5.74, 6) is -0.666. The van der Waals surface area contributed by atoms with Crippen LogP contribution in [-0.4, -0.2) is 23.1 Å². The number of anilines is 1. The van der Waals surface area contributed by atoms with Crippen molar-refractivity contribution in [3.05, 3.63) is 64.5 Å². The molecule has 0 spiro atoms. The highest BCUT2D eigenvalue weighted by Crippen LogP contribution is 2.25. The average Bonchev–Trinajstić information content (AvgIpc) is 2.81. The minimum atomic E-state index is -0.430. The van der Waals surface area contributed by atoms with Crippen molar-refractivity contribution in [2.24, 2.45) is 0 Å². The highest BCUT2D eigenvalue weighted by Gasteiger charge is 2.27. The van der Waals surface area contributed by atoms with Gasteiger partial charge in [0.05, 0.1) is 12.2 Å². The maximum atomic E-state index is 12.9.